The van der Waals surface area contributed by atoms with Gasteiger partial charge in [0, 0.05) is 0 Å². The van der Waals surface area contributed by atoms with Crippen molar-refractivity contribution in [3.8, 4) is 0 Å². The van der Waals surface area contributed by atoms with E-state index in [-0.39, 0.29) is 0 Å². The van der Waals surface area contributed by atoms with Gasteiger partial charge < -0.3 is 11.1 Å². The highest BCUT2D eigenvalue weighted by atomic mass is 14.8. The highest BCUT2D eigenvalue weighted by Gasteiger charge is 2.04. The summed E-state index contributed by atoms with van der Waals surface area (Å²) in [5.41, 5.74) is 5.43. The lowest BCUT2D eigenvalue weighted by atomic mass is 9.94. The van der Waals surface area contributed by atoms with Gasteiger partial charge in [-0.2, -0.15) is 0 Å². The predicted molar refractivity (Wildman–Crippen MR) is 69.1 cm³/mol. The fourth-order valence-electron chi connectivity index (χ4n) is 1.91. The molecule has 0 aromatic heterocycles. The average Bonchev–Trinajstić information content (AvgIpc) is 2.27. The Morgan fingerprint density at radius 2 is 1.67 bits per heavy atom. The van der Waals surface area contributed by atoms with Crippen molar-refractivity contribution >= 4 is 0 Å². The van der Waals surface area contributed by atoms with Gasteiger partial charge in [-0.25, -0.2) is 0 Å². The van der Waals surface area contributed by atoms with E-state index >= 15 is 0 Å². The largest absolute Gasteiger partial charge is 0.330 e. The molecule has 0 bridgehead atoms. The van der Waals surface area contributed by atoms with Crippen LogP contribution in [0.15, 0.2) is 0 Å². The molecule has 1 unspecified atom stereocenters. The molecule has 3 N–H and O–H groups in total. The van der Waals surface area contributed by atoms with Crippen molar-refractivity contribution in [1.82, 2.24) is 5.32 Å². The summed E-state index contributed by atoms with van der Waals surface area (Å²) in [5.74, 6) is 0.959. The maximum atomic E-state index is 5.43. The summed E-state index contributed by atoms with van der Waals surface area (Å²) in [6.45, 7) is 7.66. The first kappa shape index (κ1) is 14.9. The monoisotopic (exact) mass is 214 g/mol. The van der Waals surface area contributed by atoms with Gasteiger partial charge in [-0.3, -0.25) is 0 Å². The molecule has 0 radical (unpaired) electrons. The van der Waals surface area contributed by atoms with E-state index in [1.807, 2.05) is 0 Å². The zero-order chi connectivity index (χ0) is 11.4. The van der Waals surface area contributed by atoms with Gasteiger partial charge >= 0.3 is 0 Å². The van der Waals surface area contributed by atoms with E-state index in [0.29, 0.717) is 0 Å². The third-order valence-electron chi connectivity index (χ3n) is 3.07. The van der Waals surface area contributed by atoms with Gasteiger partial charge in [0.05, 0.1) is 0 Å². The standard InChI is InChI=1S/C13H30N2/c1-3-5-8-13(4-2)9-6-11-15-12-7-10-14/h13,15H,3-12,14H2,1-2H3. The summed E-state index contributed by atoms with van der Waals surface area (Å²) in [6.07, 6.45) is 9.34. The zero-order valence-electron chi connectivity index (χ0n) is 10.7. The normalized spacial score (nSPS) is 13.0. The lowest BCUT2D eigenvalue weighted by Crippen LogP contribution is -2.19. The van der Waals surface area contributed by atoms with Crippen LogP contribution in [0, 0.1) is 5.92 Å². The molecule has 92 valence electrons. The smallest absolute Gasteiger partial charge is 0.00369 e. The molecular formula is C13H30N2. The minimum atomic E-state index is 0.807. The Labute approximate surface area is 96.0 Å². The lowest BCUT2D eigenvalue weighted by Gasteiger charge is -2.14. The number of nitrogens with one attached hydrogen (secondary N) is 1. The Bertz CT molecular complexity index is 115. The van der Waals surface area contributed by atoms with E-state index in [0.717, 1.165) is 25.4 Å². The molecule has 0 aliphatic carbocycles. The third kappa shape index (κ3) is 10.2. The Hall–Kier alpha value is -0.0800. The van der Waals surface area contributed by atoms with Crippen LogP contribution in [-0.2, 0) is 0 Å². The molecule has 0 saturated carbocycles. The number of unbranched alkanes of at least 4 members (excludes halogenated alkanes) is 1. The Balaban J connectivity index is 3.22. The summed E-state index contributed by atoms with van der Waals surface area (Å²) in [4.78, 5) is 0. The van der Waals surface area contributed by atoms with Crippen LogP contribution in [-0.4, -0.2) is 19.6 Å². The summed E-state index contributed by atoms with van der Waals surface area (Å²) in [7, 11) is 0. The van der Waals surface area contributed by atoms with Crippen molar-refractivity contribution in [2.45, 2.75) is 58.8 Å². The fraction of sp³-hybridized carbons (Fsp3) is 1.00. The van der Waals surface area contributed by atoms with Crippen LogP contribution < -0.4 is 11.1 Å². The minimum absolute atomic E-state index is 0.807. The van der Waals surface area contributed by atoms with Gasteiger partial charge in [0.2, 0.25) is 0 Å². The van der Waals surface area contributed by atoms with Gasteiger partial charge in [0.15, 0.2) is 0 Å². The Kier molecular flexibility index (Phi) is 11.9. The van der Waals surface area contributed by atoms with Crippen LogP contribution in [0.3, 0.4) is 0 Å². The first-order valence-electron chi connectivity index (χ1n) is 6.75. The quantitative estimate of drug-likeness (QED) is 0.519. The van der Waals surface area contributed by atoms with Crippen LogP contribution in [0.2, 0.25) is 0 Å². The molecule has 0 spiro atoms. The molecule has 1 atom stereocenters. The molecule has 0 aliphatic heterocycles. The highest BCUT2D eigenvalue weighted by Crippen LogP contribution is 2.17. The van der Waals surface area contributed by atoms with Crippen LogP contribution in [0.5, 0.6) is 0 Å². The predicted octanol–water partition coefficient (Wildman–Crippen LogP) is 2.92. The highest BCUT2D eigenvalue weighted by molar-refractivity contribution is 4.59. The molecule has 0 amide bonds. The molecule has 2 nitrogen and oxygen atoms in total. The van der Waals surface area contributed by atoms with E-state index < -0.39 is 0 Å². The van der Waals surface area contributed by atoms with E-state index in [1.54, 1.807) is 0 Å². The minimum Gasteiger partial charge on any atom is -0.330 e. The summed E-state index contributed by atoms with van der Waals surface area (Å²) in [6, 6.07) is 0. The molecule has 0 rings (SSSR count). The SMILES string of the molecule is CCCCC(CC)CCCNCCCN. The first-order valence-corrected chi connectivity index (χ1v) is 6.75. The van der Waals surface area contributed by atoms with Gasteiger partial charge in [0.1, 0.15) is 0 Å². The van der Waals surface area contributed by atoms with Crippen molar-refractivity contribution in [1.29, 1.82) is 0 Å². The van der Waals surface area contributed by atoms with Crippen molar-refractivity contribution in [2.24, 2.45) is 11.7 Å². The van der Waals surface area contributed by atoms with E-state index in [4.69, 9.17) is 5.73 Å². The molecule has 0 aromatic rings. The lowest BCUT2D eigenvalue weighted by molar-refractivity contribution is 0.404. The molecule has 0 saturated heterocycles. The Morgan fingerprint density at radius 1 is 1.00 bits per heavy atom. The van der Waals surface area contributed by atoms with Gasteiger partial charge in [-0.15, -0.1) is 0 Å². The molecule has 15 heavy (non-hydrogen) atoms. The van der Waals surface area contributed by atoms with Gasteiger partial charge in [0.25, 0.3) is 0 Å². The molecule has 0 fully saturated rings. The zero-order valence-corrected chi connectivity index (χ0v) is 10.7. The second-order valence-corrected chi connectivity index (χ2v) is 4.45. The van der Waals surface area contributed by atoms with Crippen molar-refractivity contribution < 1.29 is 0 Å². The summed E-state index contributed by atoms with van der Waals surface area (Å²) >= 11 is 0. The number of hydrogen-bond donors (Lipinski definition) is 2. The summed E-state index contributed by atoms with van der Waals surface area (Å²) < 4.78 is 0. The number of rotatable bonds is 11. The molecule has 0 aromatic carbocycles. The topological polar surface area (TPSA) is 38.0 Å². The average molecular weight is 214 g/mol. The second-order valence-electron chi connectivity index (χ2n) is 4.45. The van der Waals surface area contributed by atoms with Crippen LogP contribution in [0.4, 0.5) is 0 Å². The maximum Gasteiger partial charge on any atom is -0.00369 e. The van der Waals surface area contributed by atoms with Crippen molar-refractivity contribution in [3.63, 3.8) is 0 Å². The summed E-state index contributed by atoms with van der Waals surface area (Å²) in [5, 5.41) is 3.44. The van der Waals surface area contributed by atoms with Gasteiger partial charge in [-0.05, 0) is 44.8 Å². The van der Waals surface area contributed by atoms with E-state index in [2.05, 4.69) is 19.2 Å². The molecule has 2 heteroatoms. The molecular weight excluding hydrogens is 184 g/mol. The Morgan fingerprint density at radius 3 is 2.27 bits per heavy atom. The first-order chi connectivity index (χ1) is 7.35. The number of nitrogens with two attached hydrogens (primary N) is 1. The van der Waals surface area contributed by atoms with Crippen LogP contribution >= 0.6 is 0 Å². The van der Waals surface area contributed by atoms with E-state index in [1.165, 1.54) is 45.1 Å². The van der Waals surface area contributed by atoms with Crippen molar-refractivity contribution in [3.05, 3.63) is 0 Å². The van der Waals surface area contributed by atoms with Crippen LogP contribution in [0.25, 0.3) is 0 Å². The second kappa shape index (κ2) is 12.0. The fourth-order valence-corrected chi connectivity index (χ4v) is 1.91. The van der Waals surface area contributed by atoms with Crippen molar-refractivity contribution in [2.75, 3.05) is 19.6 Å². The van der Waals surface area contributed by atoms with E-state index in [9.17, 15) is 0 Å². The van der Waals surface area contributed by atoms with Crippen LogP contribution in [0.1, 0.15) is 58.8 Å². The molecule has 0 heterocycles. The third-order valence-corrected chi connectivity index (χ3v) is 3.07. The molecule has 0 aliphatic rings. The maximum absolute atomic E-state index is 5.43. The van der Waals surface area contributed by atoms with Gasteiger partial charge in [-0.1, -0.05) is 39.5 Å². The number of hydrogen-bond acceptors (Lipinski definition) is 2.